The molecule has 0 bridgehead atoms. The van der Waals surface area contributed by atoms with Crippen LogP contribution in [-0.4, -0.2) is 27.4 Å². The maximum absolute atomic E-state index is 12.9. The minimum Gasteiger partial charge on any atom is -0.444 e. The summed E-state index contributed by atoms with van der Waals surface area (Å²) in [6.45, 7) is 5.22. The van der Waals surface area contributed by atoms with Crippen molar-refractivity contribution < 1.29 is 27.5 Å². The van der Waals surface area contributed by atoms with Crippen LogP contribution in [0.3, 0.4) is 0 Å². The van der Waals surface area contributed by atoms with Crippen LogP contribution in [0.25, 0.3) is 5.69 Å². The molecule has 2 rings (SSSR count). The van der Waals surface area contributed by atoms with Crippen LogP contribution >= 0.6 is 0 Å². The van der Waals surface area contributed by atoms with Crippen LogP contribution in [0.1, 0.15) is 42.5 Å². The molecule has 0 saturated heterocycles. The van der Waals surface area contributed by atoms with Crippen LogP contribution in [0.2, 0.25) is 0 Å². The van der Waals surface area contributed by atoms with Gasteiger partial charge < -0.3 is 15.8 Å². The lowest BCUT2D eigenvalue weighted by atomic mass is 10.2. The number of ether oxygens (including phenoxy) is 1. The summed E-state index contributed by atoms with van der Waals surface area (Å²) >= 11 is 0. The molecule has 0 spiro atoms. The summed E-state index contributed by atoms with van der Waals surface area (Å²) < 4.78 is 44.6. The monoisotopic (exact) mass is 384 g/mol. The fraction of sp³-hybridized carbons (Fsp3) is 0.353. The van der Waals surface area contributed by atoms with Gasteiger partial charge in [0.25, 0.3) is 5.91 Å². The van der Waals surface area contributed by atoms with E-state index in [0.717, 1.165) is 4.68 Å². The number of carbonyl (C=O) groups excluding carboxylic acids is 2. The molecule has 146 valence electrons. The first-order valence-corrected chi connectivity index (χ1v) is 7.90. The number of primary amides is 1. The number of carbonyl (C=O) groups is 2. The quantitative estimate of drug-likeness (QED) is 0.846. The summed E-state index contributed by atoms with van der Waals surface area (Å²) in [5.74, 6) is -1.05. The molecule has 0 fully saturated rings. The fourth-order valence-electron chi connectivity index (χ4n) is 2.18. The molecule has 0 aliphatic heterocycles. The summed E-state index contributed by atoms with van der Waals surface area (Å²) in [4.78, 5) is 23.2. The third-order valence-electron chi connectivity index (χ3n) is 3.24. The van der Waals surface area contributed by atoms with E-state index >= 15 is 0 Å². The Balaban J connectivity index is 2.26. The van der Waals surface area contributed by atoms with Crippen LogP contribution in [0.15, 0.2) is 30.3 Å². The molecule has 1 aromatic heterocycles. The van der Waals surface area contributed by atoms with Gasteiger partial charge in [-0.15, -0.1) is 0 Å². The number of alkyl carbamates (subject to hydrolysis) is 1. The Labute approximate surface area is 153 Å². The normalized spacial score (nSPS) is 11.9. The number of halogens is 3. The lowest BCUT2D eigenvalue weighted by Crippen LogP contribution is -2.32. The number of nitrogens with two attached hydrogens (primary N) is 1. The SMILES string of the molecule is CC(C)(C)OC(=O)NCc1cccc(-n2nc(C(F)(F)F)cc2C(N)=O)c1. The Hall–Kier alpha value is -3.04. The summed E-state index contributed by atoms with van der Waals surface area (Å²) in [6.07, 6.45) is -5.35. The van der Waals surface area contributed by atoms with E-state index in [1.165, 1.54) is 12.1 Å². The van der Waals surface area contributed by atoms with Crippen molar-refractivity contribution in [2.24, 2.45) is 5.73 Å². The smallest absolute Gasteiger partial charge is 0.435 e. The van der Waals surface area contributed by atoms with E-state index in [9.17, 15) is 22.8 Å². The molecule has 1 aromatic carbocycles. The Morgan fingerprint density at radius 1 is 1.22 bits per heavy atom. The number of aromatic nitrogens is 2. The molecule has 0 aliphatic carbocycles. The van der Waals surface area contributed by atoms with Crippen LogP contribution in [0.4, 0.5) is 18.0 Å². The van der Waals surface area contributed by atoms with Crippen molar-refractivity contribution in [2.75, 3.05) is 0 Å². The first-order chi connectivity index (χ1) is 12.4. The van der Waals surface area contributed by atoms with Crippen molar-refractivity contribution in [1.82, 2.24) is 15.1 Å². The maximum atomic E-state index is 12.9. The molecular formula is C17H19F3N4O3. The first-order valence-electron chi connectivity index (χ1n) is 7.90. The molecule has 0 saturated carbocycles. The number of amides is 2. The van der Waals surface area contributed by atoms with Crippen molar-refractivity contribution in [2.45, 2.75) is 39.1 Å². The van der Waals surface area contributed by atoms with Crippen LogP contribution in [-0.2, 0) is 17.5 Å². The number of nitrogens with zero attached hydrogens (tertiary/aromatic N) is 2. The van der Waals surface area contributed by atoms with Gasteiger partial charge in [0, 0.05) is 12.6 Å². The van der Waals surface area contributed by atoms with Gasteiger partial charge in [0.2, 0.25) is 0 Å². The summed E-state index contributed by atoms with van der Waals surface area (Å²) in [5.41, 5.74) is 3.63. The molecule has 3 N–H and O–H groups in total. The fourth-order valence-corrected chi connectivity index (χ4v) is 2.18. The van der Waals surface area contributed by atoms with Crippen LogP contribution in [0, 0.1) is 0 Å². The van der Waals surface area contributed by atoms with Gasteiger partial charge in [0.05, 0.1) is 5.69 Å². The van der Waals surface area contributed by atoms with Gasteiger partial charge in [-0.2, -0.15) is 18.3 Å². The zero-order chi connectivity index (χ0) is 20.4. The second-order valence-corrected chi connectivity index (χ2v) is 6.71. The highest BCUT2D eigenvalue weighted by Gasteiger charge is 2.35. The Kier molecular flexibility index (Phi) is 5.48. The molecule has 27 heavy (non-hydrogen) atoms. The summed E-state index contributed by atoms with van der Waals surface area (Å²) in [6, 6.07) is 6.75. The van der Waals surface area contributed by atoms with E-state index < -0.39 is 35.2 Å². The molecule has 0 atom stereocenters. The molecule has 10 heteroatoms. The Morgan fingerprint density at radius 3 is 2.44 bits per heavy atom. The van der Waals surface area contributed by atoms with E-state index in [-0.39, 0.29) is 12.2 Å². The lowest BCUT2D eigenvalue weighted by Gasteiger charge is -2.19. The van der Waals surface area contributed by atoms with Gasteiger partial charge >= 0.3 is 12.3 Å². The van der Waals surface area contributed by atoms with Crippen LogP contribution < -0.4 is 11.1 Å². The highest BCUT2D eigenvalue weighted by atomic mass is 19.4. The van der Waals surface area contributed by atoms with E-state index in [2.05, 4.69) is 10.4 Å². The number of benzene rings is 1. The van der Waals surface area contributed by atoms with Gasteiger partial charge in [-0.1, -0.05) is 12.1 Å². The molecular weight excluding hydrogens is 365 g/mol. The topological polar surface area (TPSA) is 99.2 Å². The second-order valence-electron chi connectivity index (χ2n) is 6.71. The van der Waals surface area contributed by atoms with E-state index in [1.807, 2.05) is 0 Å². The number of hydrogen-bond donors (Lipinski definition) is 2. The van der Waals surface area contributed by atoms with Gasteiger partial charge in [-0.3, -0.25) is 4.79 Å². The third-order valence-corrected chi connectivity index (χ3v) is 3.24. The van der Waals surface area contributed by atoms with Crippen LogP contribution in [0.5, 0.6) is 0 Å². The number of rotatable bonds is 4. The van der Waals surface area contributed by atoms with Gasteiger partial charge in [-0.05, 0) is 38.5 Å². The number of nitrogens with one attached hydrogen (secondary N) is 1. The van der Waals surface area contributed by atoms with Gasteiger partial charge in [0.1, 0.15) is 11.3 Å². The summed E-state index contributed by atoms with van der Waals surface area (Å²) in [5, 5.41) is 5.98. The maximum Gasteiger partial charge on any atom is 0.435 e. The second kappa shape index (κ2) is 7.29. The van der Waals surface area contributed by atoms with Crippen molar-refractivity contribution >= 4 is 12.0 Å². The van der Waals surface area contributed by atoms with Gasteiger partial charge in [0.15, 0.2) is 5.69 Å². The number of alkyl halides is 3. The van der Waals surface area contributed by atoms with E-state index in [1.54, 1.807) is 32.9 Å². The molecule has 0 unspecified atom stereocenters. The number of hydrogen-bond acceptors (Lipinski definition) is 4. The van der Waals surface area contributed by atoms with E-state index in [0.29, 0.717) is 11.6 Å². The molecule has 7 nitrogen and oxygen atoms in total. The summed E-state index contributed by atoms with van der Waals surface area (Å²) in [7, 11) is 0. The van der Waals surface area contributed by atoms with Crippen molar-refractivity contribution in [3.63, 3.8) is 0 Å². The highest BCUT2D eigenvalue weighted by Crippen LogP contribution is 2.29. The minimum atomic E-state index is -4.72. The zero-order valence-corrected chi connectivity index (χ0v) is 14.9. The molecule has 1 heterocycles. The predicted octanol–water partition coefficient (Wildman–Crippen LogP) is 3.01. The molecule has 2 amide bonds. The largest absolute Gasteiger partial charge is 0.444 e. The molecule has 0 aliphatic rings. The molecule has 2 aromatic rings. The predicted molar refractivity (Wildman–Crippen MR) is 90.2 cm³/mol. The lowest BCUT2D eigenvalue weighted by molar-refractivity contribution is -0.141. The van der Waals surface area contributed by atoms with Crippen molar-refractivity contribution in [1.29, 1.82) is 0 Å². The average molecular weight is 384 g/mol. The third kappa shape index (κ3) is 5.47. The van der Waals surface area contributed by atoms with E-state index in [4.69, 9.17) is 10.5 Å². The van der Waals surface area contributed by atoms with Gasteiger partial charge in [-0.25, -0.2) is 9.48 Å². The minimum absolute atomic E-state index is 0.0715. The average Bonchev–Trinajstić information content (AvgIpc) is 2.97. The first kappa shape index (κ1) is 20.3. The highest BCUT2D eigenvalue weighted by molar-refractivity contribution is 5.91. The Bertz CT molecular complexity index is 854. The molecule has 0 radical (unpaired) electrons. The van der Waals surface area contributed by atoms with Crippen molar-refractivity contribution in [3.05, 3.63) is 47.3 Å². The standard InChI is InChI=1S/C17H19F3N4O3/c1-16(2,3)27-15(26)22-9-10-5-4-6-11(7-10)24-12(14(21)25)8-13(23-24)17(18,19)20/h4-8H,9H2,1-3H3,(H2,21,25)(H,22,26). The van der Waals surface area contributed by atoms with Crippen molar-refractivity contribution in [3.8, 4) is 5.69 Å². The Morgan fingerprint density at radius 2 is 1.89 bits per heavy atom. The zero-order valence-electron chi connectivity index (χ0n) is 14.9.